The third-order valence-corrected chi connectivity index (χ3v) is 1.69. The van der Waals surface area contributed by atoms with Gasteiger partial charge in [-0.2, -0.15) is 0 Å². The molecule has 80 valence electrons. The number of Topliss-reactive ketones (excluding diaryl/α,β-unsaturated/α-hetero) is 1. The number of carbonyl (C=O) groups excluding carboxylic acids is 2. The van der Waals surface area contributed by atoms with E-state index in [-0.39, 0.29) is 23.9 Å². The fraction of sp³-hybridized carbons (Fsp3) is 0.333. The van der Waals surface area contributed by atoms with E-state index >= 15 is 0 Å². The molecule has 1 amide bonds. The predicted molar refractivity (Wildman–Crippen MR) is 53.0 cm³/mol. The smallest absolute Gasteiger partial charge is 0.237 e. The lowest BCUT2D eigenvalue weighted by atomic mass is 10.2. The van der Waals surface area contributed by atoms with Gasteiger partial charge in [0.05, 0.1) is 18.8 Å². The minimum absolute atomic E-state index is 0.112. The summed E-state index contributed by atoms with van der Waals surface area (Å²) in [6.07, 6.45) is 4.23. The van der Waals surface area contributed by atoms with Crippen LogP contribution in [0.15, 0.2) is 18.6 Å². The van der Waals surface area contributed by atoms with E-state index in [1.54, 1.807) is 6.92 Å². The Morgan fingerprint density at radius 3 is 2.80 bits per heavy atom. The number of aromatic nitrogens is 2. The first kappa shape index (κ1) is 11.3. The zero-order valence-corrected chi connectivity index (χ0v) is 8.30. The number of rotatable bonds is 4. The number of nitrogens with zero attached hydrogens (tertiary/aromatic N) is 2. The lowest BCUT2D eigenvalue weighted by Gasteiger charge is -2.05. The molecule has 1 rings (SSSR count). The molecule has 0 aliphatic rings. The summed E-state index contributed by atoms with van der Waals surface area (Å²) < 4.78 is 0. The van der Waals surface area contributed by atoms with Crippen LogP contribution < -0.4 is 11.1 Å². The second kappa shape index (κ2) is 5.16. The lowest BCUT2D eigenvalue weighted by molar-refractivity contribution is -0.121. The van der Waals surface area contributed by atoms with Crippen molar-refractivity contribution >= 4 is 11.7 Å². The second-order valence-electron chi connectivity index (χ2n) is 3.02. The summed E-state index contributed by atoms with van der Waals surface area (Å²) in [6, 6.07) is -0.625. The third kappa shape index (κ3) is 3.43. The van der Waals surface area contributed by atoms with Crippen LogP contribution in [-0.2, 0) is 4.79 Å². The fourth-order valence-corrected chi connectivity index (χ4v) is 0.862. The molecule has 0 fully saturated rings. The molecule has 1 unspecified atom stereocenters. The zero-order chi connectivity index (χ0) is 11.3. The molecule has 1 aromatic rings. The monoisotopic (exact) mass is 208 g/mol. The molecule has 6 nitrogen and oxygen atoms in total. The molecular weight excluding hydrogens is 196 g/mol. The molecule has 0 aliphatic heterocycles. The van der Waals surface area contributed by atoms with E-state index in [2.05, 4.69) is 15.3 Å². The van der Waals surface area contributed by atoms with E-state index in [0.717, 1.165) is 0 Å². The normalized spacial score (nSPS) is 11.9. The van der Waals surface area contributed by atoms with Crippen LogP contribution in [0.3, 0.4) is 0 Å². The maximum absolute atomic E-state index is 11.4. The van der Waals surface area contributed by atoms with Crippen LogP contribution >= 0.6 is 0 Å². The Kier molecular flexibility index (Phi) is 3.87. The van der Waals surface area contributed by atoms with Crippen molar-refractivity contribution in [1.29, 1.82) is 0 Å². The Hall–Kier alpha value is -1.82. The fourth-order valence-electron chi connectivity index (χ4n) is 0.862. The minimum Gasteiger partial charge on any atom is -0.347 e. The summed E-state index contributed by atoms with van der Waals surface area (Å²) in [7, 11) is 0. The molecule has 15 heavy (non-hydrogen) atoms. The van der Waals surface area contributed by atoms with E-state index in [1.165, 1.54) is 18.6 Å². The molecule has 0 bridgehead atoms. The number of nitrogens with one attached hydrogen (secondary N) is 1. The highest BCUT2D eigenvalue weighted by Crippen LogP contribution is 1.91. The molecule has 1 heterocycles. The van der Waals surface area contributed by atoms with Crippen LogP contribution in [0.5, 0.6) is 0 Å². The summed E-state index contributed by atoms with van der Waals surface area (Å²) >= 11 is 0. The van der Waals surface area contributed by atoms with E-state index in [1.807, 2.05) is 0 Å². The van der Waals surface area contributed by atoms with Crippen molar-refractivity contribution in [3.63, 3.8) is 0 Å². The first-order chi connectivity index (χ1) is 7.11. The molecule has 0 aliphatic carbocycles. The summed E-state index contributed by atoms with van der Waals surface area (Å²) in [5, 5.41) is 2.40. The van der Waals surface area contributed by atoms with Gasteiger partial charge in [0.25, 0.3) is 0 Å². The van der Waals surface area contributed by atoms with Gasteiger partial charge in [-0.25, -0.2) is 4.98 Å². The molecule has 3 N–H and O–H groups in total. The Bertz CT molecular complexity index is 350. The van der Waals surface area contributed by atoms with E-state index in [9.17, 15) is 9.59 Å². The molecule has 1 aromatic heterocycles. The van der Waals surface area contributed by atoms with Gasteiger partial charge in [0.1, 0.15) is 5.69 Å². The average molecular weight is 208 g/mol. The van der Waals surface area contributed by atoms with Gasteiger partial charge < -0.3 is 11.1 Å². The number of hydrogen-bond donors (Lipinski definition) is 2. The molecule has 0 radical (unpaired) electrons. The highest BCUT2D eigenvalue weighted by molar-refractivity contribution is 5.97. The van der Waals surface area contributed by atoms with Crippen molar-refractivity contribution in [2.45, 2.75) is 13.0 Å². The van der Waals surface area contributed by atoms with Crippen LogP contribution in [-0.4, -0.2) is 34.2 Å². The Balaban J connectivity index is 2.48. The van der Waals surface area contributed by atoms with Crippen molar-refractivity contribution in [2.24, 2.45) is 5.73 Å². The molecule has 0 saturated heterocycles. The minimum atomic E-state index is -0.625. The summed E-state index contributed by atoms with van der Waals surface area (Å²) in [5.74, 6) is -0.663. The Morgan fingerprint density at radius 1 is 1.53 bits per heavy atom. The standard InChI is InChI=1S/C9H12N4O2/c1-6(10)9(15)13-5-8(14)7-4-11-2-3-12-7/h2-4,6H,5,10H2,1H3,(H,13,15). The van der Waals surface area contributed by atoms with Gasteiger partial charge in [0, 0.05) is 12.4 Å². The van der Waals surface area contributed by atoms with Crippen molar-refractivity contribution in [1.82, 2.24) is 15.3 Å². The number of amides is 1. The maximum atomic E-state index is 11.4. The number of ketones is 1. The molecule has 6 heteroatoms. The van der Waals surface area contributed by atoms with Gasteiger partial charge in [-0.05, 0) is 6.92 Å². The topological polar surface area (TPSA) is 98.0 Å². The average Bonchev–Trinajstić information content (AvgIpc) is 2.26. The molecule has 0 saturated carbocycles. The number of hydrogen-bond acceptors (Lipinski definition) is 5. The summed E-state index contributed by atoms with van der Waals surface area (Å²) in [5.41, 5.74) is 5.53. The highest BCUT2D eigenvalue weighted by atomic mass is 16.2. The molecule has 0 spiro atoms. The van der Waals surface area contributed by atoms with E-state index in [0.29, 0.717) is 0 Å². The number of carbonyl (C=O) groups is 2. The predicted octanol–water partition coefficient (Wildman–Crippen LogP) is -0.877. The largest absolute Gasteiger partial charge is 0.347 e. The van der Waals surface area contributed by atoms with Crippen LogP contribution in [0.1, 0.15) is 17.4 Å². The van der Waals surface area contributed by atoms with Gasteiger partial charge in [-0.1, -0.05) is 0 Å². The summed E-state index contributed by atoms with van der Waals surface area (Å²) in [6.45, 7) is 1.43. The van der Waals surface area contributed by atoms with Crippen molar-refractivity contribution < 1.29 is 9.59 Å². The lowest BCUT2D eigenvalue weighted by Crippen LogP contribution is -2.40. The van der Waals surface area contributed by atoms with Crippen LogP contribution in [0.4, 0.5) is 0 Å². The van der Waals surface area contributed by atoms with Gasteiger partial charge in [-0.3, -0.25) is 14.6 Å². The maximum Gasteiger partial charge on any atom is 0.237 e. The van der Waals surface area contributed by atoms with Crippen LogP contribution in [0, 0.1) is 0 Å². The van der Waals surface area contributed by atoms with Gasteiger partial charge in [0.2, 0.25) is 11.7 Å². The molecule has 1 atom stereocenters. The van der Waals surface area contributed by atoms with Crippen molar-refractivity contribution in [3.8, 4) is 0 Å². The van der Waals surface area contributed by atoms with Crippen molar-refractivity contribution in [3.05, 3.63) is 24.3 Å². The van der Waals surface area contributed by atoms with E-state index < -0.39 is 6.04 Å². The van der Waals surface area contributed by atoms with Crippen molar-refractivity contribution in [2.75, 3.05) is 6.54 Å². The third-order valence-electron chi connectivity index (χ3n) is 1.69. The Morgan fingerprint density at radius 2 is 2.27 bits per heavy atom. The van der Waals surface area contributed by atoms with Gasteiger partial charge in [0.15, 0.2) is 0 Å². The van der Waals surface area contributed by atoms with Crippen LogP contribution in [0.25, 0.3) is 0 Å². The first-order valence-electron chi connectivity index (χ1n) is 4.43. The summed E-state index contributed by atoms with van der Waals surface area (Å²) in [4.78, 5) is 30.0. The molecular formula is C9H12N4O2. The van der Waals surface area contributed by atoms with E-state index in [4.69, 9.17) is 5.73 Å². The number of nitrogens with two attached hydrogens (primary N) is 1. The quantitative estimate of drug-likeness (QED) is 0.626. The SMILES string of the molecule is CC(N)C(=O)NCC(=O)c1cnccn1. The van der Waals surface area contributed by atoms with Crippen LogP contribution in [0.2, 0.25) is 0 Å². The van der Waals surface area contributed by atoms with Gasteiger partial charge in [-0.15, -0.1) is 0 Å². The Labute approximate surface area is 86.9 Å². The van der Waals surface area contributed by atoms with Gasteiger partial charge >= 0.3 is 0 Å². The zero-order valence-electron chi connectivity index (χ0n) is 8.30. The highest BCUT2D eigenvalue weighted by Gasteiger charge is 2.11. The molecule has 0 aromatic carbocycles. The second-order valence-corrected chi connectivity index (χ2v) is 3.02. The first-order valence-corrected chi connectivity index (χ1v) is 4.43.